The van der Waals surface area contributed by atoms with Gasteiger partial charge in [-0.25, -0.2) is 5.01 Å². The molecule has 0 N–H and O–H groups in total. The summed E-state index contributed by atoms with van der Waals surface area (Å²) in [5, 5.41) is 8.95. The van der Waals surface area contributed by atoms with Gasteiger partial charge in [-0.3, -0.25) is 0 Å². The molecule has 2 heterocycles. The highest BCUT2D eigenvalue weighted by Gasteiger charge is 2.42. The second-order valence-electron chi connectivity index (χ2n) is 6.95. The van der Waals surface area contributed by atoms with Crippen LogP contribution in [0, 0.1) is 0 Å². The van der Waals surface area contributed by atoms with Crippen LogP contribution in [0.25, 0.3) is 0 Å². The first kappa shape index (κ1) is 19.1. The summed E-state index contributed by atoms with van der Waals surface area (Å²) in [6.45, 7) is 0. The summed E-state index contributed by atoms with van der Waals surface area (Å²) in [4.78, 5) is 0. The van der Waals surface area contributed by atoms with E-state index in [1.807, 2.05) is 47.5 Å². The summed E-state index contributed by atoms with van der Waals surface area (Å²) < 4.78 is 6.32. The van der Waals surface area contributed by atoms with Crippen molar-refractivity contribution in [2.45, 2.75) is 18.7 Å². The van der Waals surface area contributed by atoms with E-state index >= 15 is 0 Å². The van der Waals surface area contributed by atoms with Gasteiger partial charge >= 0.3 is 0 Å². The van der Waals surface area contributed by atoms with Crippen LogP contribution in [-0.2, 0) is 0 Å². The second kappa shape index (κ2) is 7.41. The Morgan fingerprint density at radius 1 is 0.828 bits per heavy atom. The van der Waals surface area contributed by atoms with Gasteiger partial charge in [-0.15, -0.1) is 0 Å². The van der Waals surface area contributed by atoms with Crippen molar-refractivity contribution in [3.63, 3.8) is 0 Å². The average molecular weight is 464 g/mol. The Morgan fingerprint density at radius 3 is 2.34 bits per heavy atom. The van der Waals surface area contributed by atoms with E-state index in [9.17, 15) is 0 Å². The fourth-order valence-electron chi connectivity index (χ4n) is 3.83. The predicted molar refractivity (Wildman–Crippen MR) is 118 cm³/mol. The van der Waals surface area contributed by atoms with Crippen LogP contribution in [0.4, 0.5) is 0 Å². The van der Waals surface area contributed by atoms with Crippen molar-refractivity contribution in [1.82, 2.24) is 5.01 Å². The minimum atomic E-state index is -0.530. The number of halogens is 4. The summed E-state index contributed by atoms with van der Waals surface area (Å²) >= 11 is 25.4. The highest BCUT2D eigenvalue weighted by Crippen LogP contribution is 2.51. The standard InChI is InChI=1S/C22H14Cl4N2O/c23-13-6-7-15(17(25)9-13)22-28-20(11-19(27-28)12-4-2-1-3-5-12)16-8-14(24)10-18(26)21(16)29-22/h1-10,20,22H,11H2. The van der Waals surface area contributed by atoms with Gasteiger partial charge in [0.15, 0.2) is 0 Å². The number of hydrazone groups is 1. The topological polar surface area (TPSA) is 24.8 Å². The molecule has 0 aromatic heterocycles. The first-order chi connectivity index (χ1) is 14.0. The molecule has 0 amide bonds. The molecule has 5 rings (SSSR count). The molecule has 2 aliphatic rings. The summed E-state index contributed by atoms with van der Waals surface area (Å²) in [7, 11) is 0. The Morgan fingerprint density at radius 2 is 1.59 bits per heavy atom. The van der Waals surface area contributed by atoms with Crippen LogP contribution in [0.5, 0.6) is 5.75 Å². The molecule has 29 heavy (non-hydrogen) atoms. The zero-order valence-corrected chi connectivity index (χ0v) is 18.0. The lowest BCUT2D eigenvalue weighted by atomic mass is 9.96. The summed E-state index contributed by atoms with van der Waals surface area (Å²) in [6.07, 6.45) is 0.177. The molecular weight excluding hydrogens is 450 g/mol. The van der Waals surface area contributed by atoms with Crippen LogP contribution in [0.2, 0.25) is 20.1 Å². The highest BCUT2D eigenvalue weighted by atomic mass is 35.5. The van der Waals surface area contributed by atoms with Gasteiger partial charge in [0.25, 0.3) is 0 Å². The summed E-state index contributed by atoms with van der Waals surface area (Å²) in [6, 6.07) is 18.9. The number of hydrogen-bond acceptors (Lipinski definition) is 3. The zero-order chi connectivity index (χ0) is 20.1. The fraction of sp³-hybridized carbons (Fsp3) is 0.136. The Balaban J connectivity index is 1.66. The highest BCUT2D eigenvalue weighted by molar-refractivity contribution is 6.36. The molecule has 0 bridgehead atoms. The Hall–Kier alpha value is -1.91. The van der Waals surface area contributed by atoms with E-state index in [0.29, 0.717) is 32.3 Å². The molecule has 0 saturated carbocycles. The van der Waals surface area contributed by atoms with Gasteiger partial charge in [0, 0.05) is 27.6 Å². The van der Waals surface area contributed by atoms with E-state index in [1.165, 1.54) is 0 Å². The number of hydrogen-bond donors (Lipinski definition) is 0. The first-order valence-electron chi connectivity index (χ1n) is 9.03. The van der Waals surface area contributed by atoms with E-state index in [-0.39, 0.29) is 6.04 Å². The number of rotatable bonds is 2. The van der Waals surface area contributed by atoms with Crippen LogP contribution in [0.3, 0.4) is 0 Å². The quantitative estimate of drug-likeness (QED) is 0.392. The Bertz CT molecular complexity index is 1130. The maximum absolute atomic E-state index is 6.51. The molecule has 0 aliphatic carbocycles. The van der Waals surface area contributed by atoms with Crippen LogP contribution < -0.4 is 4.74 Å². The summed E-state index contributed by atoms with van der Waals surface area (Å²) in [5.74, 6) is 0.609. The first-order valence-corrected chi connectivity index (χ1v) is 10.5. The number of nitrogens with zero attached hydrogens (tertiary/aromatic N) is 2. The minimum Gasteiger partial charge on any atom is -0.463 e. The monoisotopic (exact) mass is 462 g/mol. The van der Waals surface area contributed by atoms with Gasteiger partial charge in [0.1, 0.15) is 5.75 Å². The lowest BCUT2D eigenvalue weighted by Crippen LogP contribution is -2.34. The second-order valence-corrected chi connectivity index (χ2v) is 8.64. The third kappa shape index (κ3) is 3.36. The molecule has 146 valence electrons. The van der Waals surface area contributed by atoms with Gasteiger partial charge < -0.3 is 4.74 Å². The predicted octanol–water partition coefficient (Wildman–Crippen LogP) is 7.54. The van der Waals surface area contributed by atoms with Crippen LogP contribution >= 0.6 is 46.4 Å². The Labute approximate surface area is 188 Å². The van der Waals surface area contributed by atoms with Gasteiger partial charge in [-0.1, -0.05) is 82.8 Å². The zero-order valence-electron chi connectivity index (χ0n) is 14.9. The molecule has 0 radical (unpaired) electrons. The molecule has 2 atom stereocenters. The van der Waals surface area contributed by atoms with Crippen molar-refractivity contribution in [1.29, 1.82) is 0 Å². The van der Waals surface area contributed by atoms with Gasteiger partial charge in [0.05, 0.1) is 21.8 Å². The van der Waals surface area contributed by atoms with Crippen molar-refractivity contribution in [2.24, 2.45) is 5.10 Å². The lowest BCUT2D eigenvalue weighted by Gasteiger charge is -2.39. The molecule has 3 aromatic carbocycles. The molecule has 2 unspecified atom stereocenters. The molecule has 0 saturated heterocycles. The van der Waals surface area contributed by atoms with E-state index in [2.05, 4.69) is 0 Å². The van der Waals surface area contributed by atoms with E-state index in [0.717, 1.165) is 22.4 Å². The maximum Gasteiger partial charge on any atom is 0.215 e. The van der Waals surface area contributed by atoms with E-state index < -0.39 is 6.23 Å². The molecule has 2 aliphatic heterocycles. The number of ether oxygens (including phenoxy) is 1. The third-order valence-electron chi connectivity index (χ3n) is 5.14. The number of benzene rings is 3. The minimum absolute atomic E-state index is 0.0677. The number of fused-ring (bicyclic) bond motifs is 3. The smallest absolute Gasteiger partial charge is 0.215 e. The average Bonchev–Trinajstić information content (AvgIpc) is 3.15. The van der Waals surface area contributed by atoms with Gasteiger partial charge in [-0.2, -0.15) is 5.10 Å². The van der Waals surface area contributed by atoms with Crippen molar-refractivity contribution >= 4 is 52.1 Å². The van der Waals surface area contributed by atoms with Crippen molar-refractivity contribution in [2.75, 3.05) is 0 Å². The normalized spacial score (nSPS) is 20.0. The van der Waals surface area contributed by atoms with Crippen molar-refractivity contribution < 1.29 is 4.74 Å². The molecular formula is C22H14Cl4N2O. The fourth-order valence-corrected chi connectivity index (χ4v) is 4.88. The van der Waals surface area contributed by atoms with Crippen LogP contribution in [0.15, 0.2) is 65.8 Å². The maximum atomic E-state index is 6.51. The Kier molecular flexibility index (Phi) is 4.87. The molecule has 0 fully saturated rings. The lowest BCUT2D eigenvalue weighted by molar-refractivity contribution is -0.0188. The molecule has 7 heteroatoms. The van der Waals surface area contributed by atoms with Gasteiger partial charge in [0.2, 0.25) is 6.23 Å². The van der Waals surface area contributed by atoms with E-state index in [4.69, 9.17) is 56.2 Å². The summed E-state index contributed by atoms with van der Waals surface area (Å²) in [5.41, 5.74) is 3.73. The van der Waals surface area contributed by atoms with Gasteiger partial charge in [-0.05, 0) is 29.8 Å². The van der Waals surface area contributed by atoms with E-state index in [1.54, 1.807) is 18.2 Å². The van der Waals surface area contributed by atoms with Crippen molar-refractivity contribution in [3.05, 3.63) is 97.4 Å². The largest absolute Gasteiger partial charge is 0.463 e. The third-order valence-corrected chi connectivity index (χ3v) is 6.21. The molecule has 3 nitrogen and oxygen atoms in total. The molecule has 3 aromatic rings. The van der Waals surface area contributed by atoms with Crippen LogP contribution in [0.1, 0.15) is 35.4 Å². The van der Waals surface area contributed by atoms with Crippen LogP contribution in [-0.4, -0.2) is 10.7 Å². The molecule has 0 spiro atoms. The SMILES string of the molecule is Clc1ccc(C2Oc3c(Cl)cc(Cl)cc3C3CC(c4ccccc4)=NN32)c(Cl)c1. The van der Waals surface area contributed by atoms with Crippen molar-refractivity contribution in [3.8, 4) is 5.75 Å².